The first-order valence-corrected chi connectivity index (χ1v) is 18.2. The zero-order chi connectivity index (χ0) is 33.4. The fourth-order valence-electron chi connectivity index (χ4n) is 5.36. The number of amides is 4. The Kier molecular flexibility index (Phi) is 13.0. The van der Waals surface area contributed by atoms with E-state index in [0.717, 1.165) is 86.5 Å². The van der Waals surface area contributed by atoms with Gasteiger partial charge in [0.25, 0.3) is 11.8 Å². The average molecular weight is 697 g/mol. The van der Waals surface area contributed by atoms with Gasteiger partial charge in [0.05, 0.1) is 34.0 Å². The molecule has 4 amide bonds. The molecule has 2 aliphatic rings. The summed E-state index contributed by atoms with van der Waals surface area (Å²) < 4.78 is 0.640. The van der Waals surface area contributed by atoms with Crippen molar-refractivity contribution in [1.82, 2.24) is 9.80 Å². The van der Waals surface area contributed by atoms with Crippen molar-refractivity contribution < 1.29 is 19.2 Å². The van der Waals surface area contributed by atoms with Gasteiger partial charge in [0.1, 0.15) is 0 Å². The minimum Gasteiger partial charge on any atom is -0.342 e. The van der Waals surface area contributed by atoms with Crippen LogP contribution in [0.2, 0.25) is 0 Å². The normalized spacial score (nSPS) is 16.5. The van der Waals surface area contributed by atoms with Crippen LogP contribution >= 0.6 is 48.0 Å². The Morgan fingerprint density at radius 3 is 1.17 bits per heavy atom. The lowest BCUT2D eigenvalue weighted by Crippen LogP contribution is -2.33. The SMILES string of the molecule is CCCN(CCC)C(=O)Cc1ccc(N2C(=O)/C(=C3\SC(=S)N(c4ccc(CC(=O)N(CCC)CCC)cc4)C3=O)SC2=S)cc1. The van der Waals surface area contributed by atoms with E-state index in [-0.39, 0.29) is 46.3 Å². The Morgan fingerprint density at radius 1 is 0.587 bits per heavy atom. The van der Waals surface area contributed by atoms with Crippen LogP contribution in [0.4, 0.5) is 11.4 Å². The zero-order valence-electron chi connectivity index (χ0n) is 26.7. The minimum atomic E-state index is -0.381. The zero-order valence-corrected chi connectivity index (χ0v) is 30.0. The van der Waals surface area contributed by atoms with Gasteiger partial charge < -0.3 is 9.80 Å². The molecule has 2 saturated heterocycles. The Labute approximate surface area is 290 Å². The number of benzene rings is 2. The maximum Gasteiger partial charge on any atom is 0.272 e. The fourth-order valence-corrected chi connectivity index (χ4v) is 8.11. The lowest BCUT2D eigenvalue weighted by Gasteiger charge is -2.21. The highest BCUT2D eigenvalue weighted by molar-refractivity contribution is 8.30. The summed E-state index contributed by atoms with van der Waals surface area (Å²) >= 11 is 13.3. The van der Waals surface area contributed by atoms with Crippen molar-refractivity contribution >= 4 is 91.6 Å². The Bertz CT molecular complexity index is 1400. The maximum atomic E-state index is 13.6. The molecule has 0 aliphatic carbocycles. The number of carbonyl (C=O) groups is 4. The van der Waals surface area contributed by atoms with E-state index in [2.05, 4.69) is 27.7 Å². The Balaban J connectivity index is 1.46. The Hall–Kier alpha value is -3.06. The predicted octanol–water partition coefficient (Wildman–Crippen LogP) is 6.71. The minimum absolute atomic E-state index is 0.0813. The van der Waals surface area contributed by atoms with E-state index in [4.69, 9.17) is 24.4 Å². The molecule has 0 aromatic heterocycles. The highest BCUT2D eigenvalue weighted by atomic mass is 32.2. The summed E-state index contributed by atoms with van der Waals surface area (Å²) in [5.74, 6) is -0.599. The van der Waals surface area contributed by atoms with Crippen LogP contribution in [0.3, 0.4) is 0 Å². The second-order valence-electron chi connectivity index (χ2n) is 11.1. The van der Waals surface area contributed by atoms with Gasteiger partial charge in [0, 0.05) is 26.2 Å². The lowest BCUT2D eigenvalue weighted by atomic mass is 10.1. The van der Waals surface area contributed by atoms with Crippen molar-refractivity contribution in [2.24, 2.45) is 0 Å². The molecule has 244 valence electrons. The van der Waals surface area contributed by atoms with Crippen molar-refractivity contribution in [2.75, 3.05) is 36.0 Å². The molecule has 0 spiro atoms. The van der Waals surface area contributed by atoms with E-state index in [1.165, 1.54) is 9.80 Å². The molecule has 0 radical (unpaired) electrons. The summed E-state index contributed by atoms with van der Waals surface area (Å²) in [6.45, 7) is 11.2. The van der Waals surface area contributed by atoms with E-state index in [1.54, 1.807) is 24.3 Å². The number of thioether (sulfide) groups is 2. The second kappa shape index (κ2) is 16.7. The first-order chi connectivity index (χ1) is 22.1. The molecule has 2 aliphatic heterocycles. The second-order valence-corrected chi connectivity index (χ2v) is 14.4. The van der Waals surface area contributed by atoms with E-state index in [9.17, 15) is 19.2 Å². The van der Waals surface area contributed by atoms with Crippen molar-refractivity contribution in [2.45, 2.75) is 66.2 Å². The first-order valence-electron chi connectivity index (χ1n) is 15.7. The molecule has 4 rings (SSSR count). The van der Waals surface area contributed by atoms with E-state index in [1.807, 2.05) is 34.1 Å². The number of anilines is 2. The number of rotatable bonds is 14. The molecule has 0 saturated carbocycles. The number of carbonyl (C=O) groups excluding carboxylic acids is 4. The summed E-state index contributed by atoms with van der Waals surface area (Å²) in [4.78, 5) is 60.0. The van der Waals surface area contributed by atoms with Gasteiger partial charge >= 0.3 is 0 Å². The summed E-state index contributed by atoms with van der Waals surface area (Å²) in [6.07, 6.45) is 4.20. The predicted molar refractivity (Wildman–Crippen MR) is 197 cm³/mol. The molecule has 46 heavy (non-hydrogen) atoms. The molecule has 0 bridgehead atoms. The highest BCUT2D eigenvalue weighted by Gasteiger charge is 2.43. The van der Waals surface area contributed by atoms with Crippen molar-refractivity contribution in [3.8, 4) is 0 Å². The molecule has 8 nitrogen and oxygen atoms in total. The van der Waals surface area contributed by atoms with Gasteiger partial charge in [-0.15, -0.1) is 0 Å². The number of thiocarbonyl (C=S) groups is 2. The molecule has 2 fully saturated rings. The van der Waals surface area contributed by atoms with Crippen molar-refractivity contribution in [3.05, 3.63) is 69.5 Å². The van der Waals surface area contributed by atoms with E-state index in [0.29, 0.717) is 20.0 Å². The number of hydrogen-bond acceptors (Lipinski definition) is 8. The molecular weight excluding hydrogens is 657 g/mol. The molecular formula is C34H40N4O4S4. The Morgan fingerprint density at radius 2 is 0.891 bits per heavy atom. The fraction of sp³-hybridized carbons (Fsp3) is 0.412. The third-order valence-corrected chi connectivity index (χ3v) is 10.4. The first kappa shape index (κ1) is 35.8. The van der Waals surface area contributed by atoms with Gasteiger partial charge in [-0.25, -0.2) is 0 Å². The van der Waals surface area contributed by atoms with Crippen LogP contribution in [0.15, 0.2) is 58.3 Å². The average Bonchev–Trinajstić information content (AvgIpc) is 3.50. The topological polar surface area (TPSA) is 81.2 Å². The quantitative estimate of drug-likeness (QED) is 0.159. The van der Waals surface area contributed by atoms with Gasteiger partial charge in [0.15, 0.2) is 8.64 Å². The molecule has 2 heterocycles. The largest absolute Gasteiger partial charge is 0.342 e. The molecule has 2 aromatic carbocycles. The van der Waals surface area contributed by atoms with Gasteiger partial charge in [-0.05, 0) is 61.1 Å². The van der Waals surface area contributed by atoms with Gasteiger partial charge in [0.2, 0.25) is 11.8 Å². The third kappa shape index (κ3) is 8.26. The summed E-state index contributed by atoms with van der Waals surface area (Å²) in [5.41, 5.74) is 2.85. The highest BCUT2D eigenvalue weighted by Crippen LogP contribution is 2.44. The van der Waals surface area contributed by atoms with Crippen LogP contribution in [0.1, 0.15) is 64.5 Å². The lowest BCUT2D eigenvalue weighted by molar-refractivity contribution is -0.131. The third-order valence-electron chi connectivity index (χ3n) is 7.52. The molecule has 2 aromatic rings. The van der Waals surface area contributed by atoms with E-state index < -0.39 is 0 Å². The number of nitrogens with zero attached hydrogens (tertiary/aromatic N) is 4. The smallest absolute Gasteiger partial charge is 0.272 e. The molecule has 0 N–H and O–H groups in total. The maximum absolute atomic E-state index is 13.6. The van der Waals surface area contributed by atoms with Crippen LogP contribution in [0.25, 0.3) is 0 Å². The van der Waals surface area contributed by atoms with Crippen LogP contribution in [-0.4, -0.2) is 68.2 Å². The summed E-state index contributed by atoms with van der Waals surface area (Å²) in [5, 5.41) is 0. The van der Waals surface area contributed by atoms with Gasteiger partial charge in [-0.1, -0.05) is 99.9 Å². The van der Waals surface area contributed by atoms with Crippen LogP contribution in [0.5, 0.6) is 0 Å². The molecule has 12 heteroatoms. The van der Waals surface area contributed by atoms with E-state index >= 15 is 0 Å². The van der Waals surface area contributed by atoms with Crippen molar-refractivity contribution in [1.29, 1.82) is 0 Å². The van der Waals surface area contributed by atoms with Gasteiger partial charge in [-0.3, -0.25) is 29.0 Å². The van der Waals surface area contributed by atoms with Crippen LogP contribution in [0, 0.1) is 0 Å². The van der Waals surface area contributed by atoms with Crippen LogP contribution < -0.4 is 9.80 Å². The standard InChI is InChI=1S/C34H40N4O4S4/c1-5-17-35(18-6-2)27(39)21-23-9-13-25(14-10-23)37-31(41)29(45-33(37)43)30-32(42)38(34(44)46-30)26-15-11-24(12-16-26)22-28(40)36(19-7-3)20-8-4/h9-16H,5-8,17-22H2,1-4H3/b30-29+. The summed E-state index contributed by atoms with van der Waals surface area (Å²) in [7, 11) is 0. The molecule has 0 unspecified atom stereocenters. The van der Waals surface area contributed by atoms with Crippen LogP contribution in [-0.2, 0) is 32.0 Å². The molecule has 0 atom stereocenters. The number of hydrogen-bond donors (Lipinski definition) is 0. The van der Waals surface area contributed by atoms with Gasteiger partial charge in [-0.2, -0.15) is 0 Å². The summed E-state index contributed by atoms with van der Waals surface area (Å²) in [6, 6.07) is 14.5. The van der Waals surface area contributed by atoms with Crippen molar-refractivity contribution in [3.63, 3.8) is 0 Å². The monoisotopic (exact) mass is 696 g/mol.